The number of allylic oxidation sites excluding steroid dienone is 2. The largest absolute Gasteiger partial charge is 0.331 e. The lowest BCUT2D eigenvalue weighted by atomic mass is 10.4. The lowest BCUT2D eigenvalue weighted by Gasteiger charge is -1.96. The van der Waals surface area contributed by atoms with Gasteiger partial charge in [0, 0.05) is 12.6 Å². The Morgan fingerprint density at radius 2 is 2.00 bits per heavy atom. The number of hydrogen-bond acceptors (Lipinski definition) is 1. The zero-order valence-electron chi connectivity index (χ0n) is 5.49. The van der Waals surface area contributed by atoms with Gasteiger partial charge in [0.1, 0.15) is 0 Å². The Labute approximate surface area is 49.6 Å². The second-order valence-corrected chi connectivity index (χ2v) is 1.65. The smallest absolute Gasteiger partial charge is 0.220 e. The topological polar surface area (TPSA) is 29.1 Å². The third kappa shape index (κ3) is 3.40. The van der Waals surface area contributed by atoms with Crippen molar-refractivity contribution < 1.29 is 4.79 Å². The Morgan fingerprint density at radius 1 is 1.50 bits per heavy atom. The molecule has 0 aliphatic rings. The molecule has 0 aromatic heterocycles. The standard InChI is InChI=1S/C6H11NO/c1-4-5(2)7-6(3)8/h4H,1-3H3,(H,7,8)/b5-4+. The maximum atomic E-state index is 10.3. The van der Waals surface area contributed by atoms with Crippen LogP contribution < -0.4 is 5.32 Å². The summed E-state index contributed by atoms with van der Waals surface area (Å²) in [6.45, 7) is 5.22. The molecule has 1 amide bonds. The fourth-order valence-corrected chi connectivity index (χ4v) is 0.350. The van der Waals surface area contributed by atoms with Gasteiger partial charge >= 0.3 is 0 Å². The van der Waals surface area contributed by atoms with Crippen molar-refractivity contribution in [1.29, 1.82) is 0 Å². The molecule has 0 radical (unpaired) electrons. The van der Waals surface area contributed by atoms with Gasteiger partial charge in [-0.2, -0.15) is 0 Å². The Balaban J connectivity index is 3.56. The van der Waals surface area contributed by atoms with Gasteiger partial charge < -0.3 is 5.32 Å². The third-order valence-electron chi connectivity index (χ3n) is 0.806. The minimum Gasteiger partial charge on any atom is -0.331 e. The molecule has 0 saturated carbocycles. The van der Waals surface area contributed by atoms with Crippen molar-refractivity contribution in [3.8, 4) is 0 Å². The Morgan fingerprint density at radius 3 is 2.12 bits per heavy atom. The van der Waals surface area contributed by atoms with Crippen molar-refractivity contribution in [3.63, 3.8) is 0 Å². The van der Waals surface area contributed by atoms with E-state index in [1.54, 1.807) is 0 Å². The van der Waals surface area contributed by atoms with Gasteiger partial charge in [0.2, 0.25) is 5.91 Å². The number of nitrogens with one attached hydrogen (secondary N) is 1. The van der Waals surface area contributed by atoms with Crippen LogP contribution in [0.5, 0.6) is 0 Å². The molecule has 0 rings (SSSR count). The Bertz CT molecular complexity index is 116. The highest BCUT2D eigenvalue weighted by atomic mass is 16.1. The van der Waals surface area contributed by atoms with E-state index >= 15 is 0 Å². The van der Waals surface area contributed by atoms with Crippen LogP contribution in [-0.2, 0) is 4.79 Å². The second-order valence-electron chi connectivity index (χ2n) is 1.65. The van der Waals surface area contributed by atoms with E-state index in [0.717, 1.165) is 5.70 Å². The van der Waals surface area contributed by atoms with Crippen LogP contribution in [0.1, 0.15) is 20.8 Å². The number of rotatable bonds is 1. The van der Waals surface area contributed by atoms with Crippen molar-refractivity contribution in [1.82, 2.24) is 5.32 Å². The maximum absolute atomic E-state index is 10.3. The van der Waals surface area contributed by atoms with E-state index in [9.17, 15) is 4.79 Å². The molecule has 0 bridgehead atoms. The summed E-state index contributed by atoms with van der Waals surface area (Å²) in [5, 5.41) is 2.61. The number of carbonyl (C=O) groups is 1. The van der Waals surface area contributed by atoms with Gasteiger partial charge in [-0.1, -0.05) is 6.08 Å². The summed E-state index contributed by atoms with van der Waals surface area (Å²) in [6, 6.07) is 0. The molecule has 0 spiro atoms. The van der Waals surface area contributed by atoms with Crippen LogP contribution in [0, 0.1) is 0 Å². The molecule has 2 heteroatoms. The van der Waals surface area contributed by atoms with Crippen LogP contribution >= 0.6 is 0 Å². The quantitative estimate of drug-likeness (QED) is 0.541. The highest BCUT2D eigenvalue weighted by Gasteiger charge is 1.87. The molecule has 0 fully saturated rings. The molecule has 0 atom stereocenters. The van der Waals surface area contributed by atoms with E-state index in [-0.39, 0.29) is 5.91 Å². The van der Waals surface area contributed by atoms with E-state index in [1.807, 2.05) is 19.9 Å². The summed E-state index contributed by atoms with van der Waals surface area (Å²) in [5.41, 5.74) is 0.900. The van der Waals surface area contributed by atoms with Gasteiger partial charge in [-0.3, -0.25) is 4.79 Å². The predicted molar refractivity (Wildman–Crippen MR) is 33.2 cm³/mol. The first kappa shape index (κ1) is 7.21. The molecule has 2 nitrogen and oxygen atoms in total. The van der Waals surface area contributed by atoms with Gasteiger partial charge in [-0.15, -0.1) is 0 Å². The molecular formula is C6H11NO. The summed E-state index contributed by atoms with van der Waals surface area (Å²) in [4.78, 5) is 10.3. The van der Waals surface area contributed by atoms with E-state index in [2.05, 4.69) is 5.32 Å². The summed E-state index contributed by atoms with van der Waals surface area (Å²) in [7, 11) is 0. The van der Waals surface area contributed by atoms with Crippen molar-refractivity contribution in [2.45, 2.75) is 20.8 Å². The molecule has 1 N–H and O–H groups in total. The summed E-state index contributed by atoms with van der Waals surface area (Å²) in [6.07, 6.45) is 1.85. The first-order chi connectivity index (χ1) is 3.66. The average molecular weight is 113 g/mol. The molecule has 0 aliphatic carbocycles. The van der Waals surface area contributed by atoms with Crippen LogP contribution in [0.15, 0.2) is 11.8 Å². The molecule has 0 aliphatic heterocycles. The molecule has 0 aromatic rings. The first-order valence-electron chi connectivity index (χ1n) is 2.57. The van der Waals surface area contributed by atoms with E-state index in [0.29, 0.717) is 0 Å². The lowest BCUT2D eigenvalue weighted by Crippen LogP contribution is -2.16. The van der Waals surface area contributed by atoms with E-state index in [1.165, 1.54) is 6.92 Å². The summed E-state index contributed by atoms with van der Waals surface area (Å²) >= 11 is 0. The zero-order chi connectivity index (χ0) is 6.57. The summed E-state index contributed by atoms with van der Waals surface area (Å²) < 4.78 is 0. The van der Waals surface area contributed by atoms with Crippen molar-refractivity contribution in [3.05, 3.63) is 11.8 Å². The van der Waals surface area contributed by atoms with Crippen LogP contribution in [-0.4, -0.2) is 5.91 Å². The maximum Gasteiger partial charge on any atom is 0.220 e. The normalized spacial score (nSPS) is 11.1. The third-order valence-corrected chi connectivity index (χ3v) is 0.806. The molecule has 8 heavy (non-hydrogen) atoms. The number of hydrogen-bond donors (Lipinski definition) is 1. The van der Waals surface area contributed by atoms with Gasteiger partial charge in [0.05, 0.1) is 0 Å². The van der Waals surface area contributed by atoms with Crippen molar-refractivity contribution in [2.75, 3.05) is 0 Å². The zero-order valence-corrected chi connectivity index (χ0v) is 5.49. The van der Waals surface area contributed by atoms with Gasteiger partial charge in [-0.05, 0) is 13.8 Å². The molecule has 46 valence electrons. The lowest BCUT2D eigenvalue weighted by molar-refractivity contribution is -0.118. The van der Waals surface area contributed by atoms with Gasteiger partial charge in [-0.25, -0.2) is 0 Å². The predicted octanol–water partition coefficient (Wildman–Crippen LogP) is 1.05. The minimum absolute atomic E-state index is 0.0133. The first-order valence-corrected chi connectivity index (χ1v) is 2.57. The van der Waals surface area contributed by atoms with Gasteiger partial charge in [0.25, 0.3) is 0 Å². The Hall–Kier alpha value is -0.790. The molecule has 0 aromatic carbocycles. The Kier molecular flexibility index (Phi) is 2.92. The average Bonchev–Trinajstić information content (AvgIpc) is 1.65. The molecule has 0 saturated heterocycles. The monoisotopic (exact) mass is 113 g/mol. The highest BCUT2D eigenvalue weighted by Crippen LogP contribution is 1.82. The molecule has 0 unspecified atom stereocenters. The van der Waals surface area contributed by atoms with Gasteiger partial charge in [0.15, 0.2) is 0 Å². The van der Waals surface area contributed by atoms with Crippen molar-refractivity contribution >= 4 is 5.91 Å². The van der Waals surface area contributed by atoms with Crippen LogP contribution in [0.25, 0.3) is 0 Å². The molecule has 0 heterocycles. The second kappa shape index (κ2) is 3.24. The van der Waals surface area contributed by atoms with Crippen molar-refractivity contribution in [2.24, 2.45) is 0 Å². The number of carbonyl (C=O) groups excluding carboxylic acids is 1. The minimum atomic E-state index is -0.0133. The molecular weight excluding hydrogens is 102 g/mol. The van der Waals surface area contributed by atoms with E-state index < -0.39 is 0 Å². The highest BCUT2D eigenvalue weighted by molar-refractivity contribution is 5.74. The fraction of sp³-hybridized carbons (Fsp3) is 0.500. The summed E-state index contributed by atoms with van der Waals surface area (Å²) in [5.74, 6) is -0.0133. The van der Waals surface area contributed by atoms with Crippen LogP contribution in [0.4, 0.5) is 0 Å². The van der Waals surface area contributed by atoms with Crippen LogP contribution in [0.3, 0.4) is 0 Å². The van der Waals surface area contributed by atoms with Crippen LogP contribution in [0.2, 0.25) is 0 Å². The number of amides is 1. The SMILES string of the molecule is C/C=C(\C)NC(C)=O. The fourth-order valence-electron chi connectivity index (χ4n) is 0.350. The van der Waals surface area contributed by atoms with E-state index in [4.69, 9.17) is 0 Å².